The highest BCUT2D eigenvalue weighted by Gasteiger charge is 2.08. The van der Waals surface area contributed by atoms with E-state index >= 15 is 0 Å². The van der Waals surface area contributed by atoms with Gasteiger partial charge in [0.05, 0.1) is 23.7 Å². The lowest BCUT2D eigenvalue weighted by Crippen LogP contribution is -2.07. The first-order chi connectivity index (χ1) is 8.17. The van der Waals surface area contributed by atoms with Gasteiger partial charge in [0.25, 0.3) is 0 Å². The van der Waals surface area contributed by atoms with Crippen LogP contribution in [0.15, 0.2) is 29.2 Å². The molecule has 1 aromatic carbocycles. The summed E-state index contributed by atoms with van der Waals surface area (Å²) in [4.78, 5) is 11.7. The van der Waals surface area contributed by atoms with Crippen LogP contribution in [-0.2, 0) is 6.54 Å². The van der Waals surface area contributed by atoms with Crippen LogP contribution < -0.4 is 10.2 Å². The molecule has 0 aliphatic heterocycles. The number of nitrogens with zero attached hydrogens (tertiary/aromatic N) is 2. The van der Waals surface area contributed by atoms with Gasteiger partial charge >= 0.3 is 0 Å². The lowest BCUT2D eigenvalue weighted by Gasteiger charge is -2.09. The third kappa shape index (κ3) is 1.97. The molecule has 2 rings (SSSR count). The zero-order valence-electron chi connectivity index (χ0n) is 9.11. The fourth-order valence-corrected chi connectivity index (χ4v) is 1.91. The van der Waals surface area contributed by atoms with Gasteiger partial charge in [0.15, 0.2) is 5.43 Å². The molecule has 5 heteroatoms. The maximum atomic E-state index is 11.7. The van der Waals surface area contributed by atoms with Crippen molar-refractivity contribution in [1.82, 2.24) is 4.57 Å². The second-order valence-corrected chi connectivity index (χ2v) is 3.88. The number of hydrogen-bond donors (Lipinski definition) is 0. The second-order valence-electron chi connectivity index (χ2n) is 3.47. The van der Waals surface area contributed by atoms with Crippen molar-refractivity contribution in [3.05, 3.63) is 39.6 Å². The van der Waals surface area contributed by atoms with Crippen molar-refractivity contribution in [2.45, 2.75) is 6.54 Å². The summed E-state index contributed by atoms with van der Waals surface area (Å²) < 4.78 is 6.73. The Hall–Kier alpha value is -1.99. The number of pyridine rings is 1. The number of ether oxygens (including phenoxy) is 1. The Labute approximate surface area is 103 Å². The van der Waals surface area contributed by atoms with Crippen molar-refractivity contribution in [3.8, 4) is 11.8 Å². The van der Waals surface area contributed by atoms with E-state index < -0.39 is 0 Å². The van der Waals surface area contributed by atoms with Gasteiger partial charge in [-0.2, -0.15) is 5.26 Å². The molecule has 4 nitrogen and oxygen atoms in total. The van der Waals surface area contributed by atoms with Crippen LogP contribution in [0.5, 0.6) is 5.75 Å². The van der Waals surface area contributed by atoms with Gasteiger partial charge < -0.3 is 9.30 Å². The Balaban J connectivity index is 2.84. The van der Waals surface area contributed by atoms with Crippen LogP contribution >= 0.6 is 11.6 Å². The summed E-state index contributed by atoms with van der Waals surface area (Å²) in [6.45, 7) is 0.166. The predicted octanol–water partition coefficient (Wildman–Crippen LogP) is 2.19. The summed E-state index contributed by atoms with van der Waals surface area (Å²) in [5.74, 6) is 0.450. The first-order valence-corrected chi connectivity index (χ1v) is 5.29. The molecule has 2 aromatic rings. The van der Waals surface area contributed by atoms with E-state index in [0.29, 0.717) is 21.7 Å². The van der Waals surface area contributed by atoms with Crippen LogP contribution in [-0.4, -0.2) is 11.7 Å². The van der Waals surface area contributed by atoms with Crippen molar-refractivity contribution in [1.29, 1.82) is 5.26 Å². The molecular weight excluding hydrogens is 240 g/mol. The van der Waals surface area contributed by atoms with E-state index in [2.05, 4.69) is 0 Å². The first kappa shape index (κ1) is 11.5. The van der Waals surface area contributed by atoms with Crippen LogP contribution in [0.2, 0.25) is 5.02 Å². The lowest BCUT2D eigenvalue weighted by atomic mass is 10.2. The fourth-order valence-electron chi connectivity index (χ4n) is 1.68. The molecule has 86 valence electrons. The van der Waals surface area contributed by atoms with E-state index in [1.54, 1.807) is 22.9 Å². The molecule has 0 radical (unpaired) electrons. The Morgan fingerprint density at radius 1 is 1.53 bits per heavy atom. The zero-order valence-corrected chi connectivity index (χ0v) is 9.86. The molecule has 0 fully saturated rings. The predicted molar refractivity (Wildman–Crippen MR) is 65.4 cm³/mol. The normalized spacial score (nSPS) is 10.2. The van der Waals surface area contributed by atoms with Gasteiger partial charge in [0, 0.05) is 17.6 Å². The zero-order chi connectivity index (χ0) is 12.4. The average Bonchev–Trinajstić information content (AvgIpc) is 2.32. The van der Waals surface area contributed by atoms with E-state index in [9.17, 15) is 4.79 Å². The second kappa shape index (κ2) is 4.48. The Bertz CT molecular complexity index is 670. The van der Waals surface area contributed by atoms with E-state index in [1.165, 1.54) is 13.2 Å². The van der Waals surface area contributed by atoms with Crippen LogP contribution in [0, 0.1) is 11.3 Å². The highest BCUT2D eigenvalue weighted by atomic mass is 35.5. The van der Waals surface area contributed by atoms with Gasteiger partial charge in [0.2, 0.25) is 0 Å². The van der Waals surface area contributed by atoms with Crippen LogP contribution in [0.1, 0.15) is 0 Å². The minimum absolute atomic E-state index is 0.121. The molecular formula is C12H9ClN2O2. The number of halogens is 1. The molecule has 0 amide bonds. The summed E-state index contributed by atoms with van der Waals surface area (Å²) in [7, 11) is 1.49. The number of hydrogen-bond acceptors (Lipinski definition) is 3. The van der Waals surface area contributed by atoms with Gasteiger partial charge in [-0.1, -0.05) is 11.6 Å². The number of fused-ring (bicyclic) bond motifs is 1. The maximum absolute atomic E-state index is 11.7. The molecule has 0 saturated heterocycles. The van der Waals surface area contributed by atoms with Crippen molar-refractivity contribution in [3.63, 3.8) is 0 Å². The summed E-state index contributed by atoms with van der Waals surface area (Å²) in [6.07, 6.45) is 1.58. The lowest BCUT2D eigenvalue weighted by molar-refractivity contribution is 0.415. The molecule has 0 spiro atoms. The average molecular weight is 249 g/mol. The van der Waals surface area contributed by atoms with Gasteiger partial charge in [-0.05, 0) is 12.1 Å². The molecule has 1 aromatic heterocycles. The molecule has 0 bridgehead atoms. The van der Waals surface area contributed by atoms with Crippen molar-refractivity contribution in [2.75, 3.05) is 7.11 Å². The maximum Gasteiger partial charge on any atom is 0.189 e. The van der Waals surface area contributed by atoms with Gasteiger partial charge in [-0.3, -0.25) is 4.79 Å². The number of benzene rings is 1. The van der Waals surface area contributed by atoms with Crippen LogP contribution in [0.3, 0.4) is 0 Å². The summed E-state index contributed by atoms with van der Waals surface area (Å²) >= 11 is 6.00. The van der Waals surface area contributed by atoms with Crippen LogP contribution in [0.4, 0.5) is 0 Å². The molecule has 0 saturated carbocycles. The quantitative estimate of drug-likeness (QED) is 0.819. The molecule has 0 aliphatic rings. The monoisotopic (exact) mass is 248 g/mol. The first-order valence-electron chi connectivity index (χ1n) is 4.91. The minimum Gasteiger partial charge on any atom is -0.495 e. The Morgan fingerprint density at radius 2 is 2.29 bits per heavy atom. The highest BCUT2D eigenvalue weighted by molar-refractivity contribution is 6.32. The minimum atomic E-state index is -0.121. The van der Waals surface area contributed by atoms with E-state index in [4.69, 9.17) is 21.6 Å². The molecule has 0 unspecified atom stereocenters. The summed E-state index contributed by atoms with van der Waals surface area (Å²) in [5, 5.41) is 9.62. The van der Waals surface area contributed by atoms with Gasteiger partial charge in [0.1, 0.15) is 12.3 Å². The Kier molecular flexibility index (Phi) is 3.03. The smallest absolute Gasteiger partial charge is 0.189 e. The summed E-state index contributed by atoms with van der Waals surface area (Å²) in [5.41, 5.74) is 0.508. The largest absolute Gasteiger partial charge is 0.495 e. The van der Waals surface area contributed by atoms with Gasteiger partial charge in [-0.25, -0.2) is 0 Å². The van der Waals surface area contributed by atoms with Crippen LogP contribution in [0.25, 0.3) is 10.9 Å². The van der Waals surface area contributed by atoms with Crippen molar-refractivity contribution >= 4 is 22.5 Å². The van der Waals surface area contributed by atoms with E-state index in [1.807, 2.05) is 6.07 Å². The Morgan fingerprint density at radius 3 is 2.94 bits per heavy atom. The third-order valence-electron chi connectivity index (χ3n) is 2.49. The van der Waals surface area contributed by atoms with Gasteiger partial charge in [-0.15, -0.1) is 0 Å². The SMILES string of the molecule is COc1cc2c(=O)ccn(CC#N)c2cc1Cl. The molecule has 1 heterocycles. The molecule has 17 heavy (non-hydrogen) atoms. The molecule has 0 aliphatic carbocycles. The van der Waals surface area contributed by atoms with Crippen molar-refractivity contribution < 1.29 is 4.74 Å². The number of aromatic nitrogens is 1. The molecule has 0 N–H and O–H groups in total. The molecule has 0 atom stereocenters. The number of nitriles is 1. The summed E-state index contributed by atoms with van der Waals surface area (Å²) in [6, 6.07) is 6.68. The van der Waals surface area contributed by atoms with E-state index in [-0.39, 0.29) is 12.0 Å². The number of methoxy groups -OCH3 is 1. The fraction of sp³-hybridized carbons (Fsp3) is 0.167. The van der Waals surface area contributed by atoms with Crippen molar-refractivity contribution in [2.24, 2.45) is 0 Å². The number of rotatable bonds is 2. The topological polar surface area (TPSA) is 55.0 Å². The standard InChI is InChI=1S/C12H9ClN2O2/c1-17-12-6-8-10(7-9(12)13)15(5-3-14)4-2-11(8)16/h2,4,6-7H,5H2,1H3. The van der Waals surface area contributed by atoms with E-state index in [0.717, 1.165) is 0 Å². The third-order valence-corrected chi connectivity index (χ3v) is 2.79. The highest BCUT2D eigenvalue weighted by Crippen LogP contribution is 2.28.